The molecule has 4 nitrogen and oxygen atoms in total. The molecule has 4 aromatic carbocycles. The van der Waals surface area contributed by atoms with E-state index in [1.807, 2.05) is 11.3 Å². The molecule has 0 spiro atoms. The fourth-order valence-electron chi connectivity index (χ4n) is 11.9. The normalized spacial score (nSPS) is 22.0. The molecule has 8 aromatic rings. The molecule has 5 heterocycles. The fraction of sp³-hybridized carbons (Fsp3) is 0.214. The van der Waals surface area contributed by atoms with Crippen LogP contribution in [0.3, 0.4) is 0 Å². The van der Waals surface area contributed by atoms with E-state index in [0.29, 0.717) is 23.1 Å². The summed E-state index contributed by atoms with van der Waals surface area (Å²) in [7, 11) is 0. The van der Waals surface area contributed by atoms with Gasteiger partial charge in [-0.15, -0.1) is 23.1 Å². The molecule has 1 aliphatic heterocycles. The van der Waals surface area contributed by atoms with Crippen molar-refractivity contribution in [1.29, 1.82) is 0 Å². The van der Waals surface area contributed by atoms with E-state index in [1.165, 1.54) is 75.0 Å². The van der Waals surface area contributed by atoms with Crippen molar-refractivity contribution in [2.75, 3.05) is 0 Å². The summed E-state index contributed by atoms with van der Waals surface area (Å²) in [6.07, 6.45) is 34.1. The van der Waals surface area contributed by atoms with E-state index >= 15 is 0 Å². The summed E-state index contributed by atoms with van der Waals surface area (Å²) < 4.78 is 6.46. The van der Waals surface area contributed by atoms with Crippen molar-refractivity contribution in [2.24, 2.45) is 5.92 Å². The highest BCUT2D eigenvalue weighted by molar-refractivity contribution is 8.00. The van der Waals surface area contributed by atoms with Crippen LogP contribution in [0.25, 0.3) is 78.2 Å². The van der Waals surface area contributed by atoms with Crippen LogP contribution >= 0.6 is 23.1 Å². The van der Waals surface area contributed by atoms with Crippen LogP contribution in [0.5, 0.6) is 0 Å². The topological polar surface area (TPSA) is 35.6 Å². The predicted molar refractivity (Wildman–Crippen MR) is 261 cm³/mol. The highest BCUT2D eigenvalue weighted by Gasteiger charge is 2.40. The Labute approximate surface area is 368 Å². The summed E-state index contributed by atoms with van der Waals surface area (Å²) in [5, 5.41) is 8.09. The van der Waals surface area contributed by atoms with Gasteiger partial charge in [0.2, 0.25) is 5.95 Å². The van der Waals surface area contributed by atoms with Gasteiger partial charge in [-0.3, -0.25) is 4.57 Å². The van der Waals surface area contributed by atoms with Gasteiger partial charge in [0, 0.05) is 74.7 Å². The molecule has 0 fully saturated rings. The van der Waals surface area contributed by atoms with Crippen molar-refractivity contribution in [3.8, 4) is 17.2 Å². The highest BCUT2D eigenvalue weighted by atomic mass is 32.2. The number of rotatable bonds is 4. The van der Waals surface area contributed by atoms with Crippen molar-refractivity contribution < 1.29 is 0 Å². The molecular formula is C56H44N4S2. The maximum atomic E-state index is 5.70. The molecule has 0 N–H and O–H groups in total. The first-order valence-electron chi connectivity index (χ1n) is 22.6. The molecule has 5 aliphatic carbocycles. The molecule has 4 aromatic heterocycles. The minimum Gasteiger partial charge on any atom is -0.333 e. The zero-order valence-corrected chi connectivity index (χ0v) is 36.1. The number of aryl methyl sites for hydroxylation is 1. The third-order valence-corrected chi connectivity index (χ3v) is 17.4. The van der Waals surface area contributed by atoms with Crippen LogP contribution in [0, 0.1) is 5.92 Å². The van der Waals surface area contributed by atoms with Gasteiger partial charge in [0.15, 0.2) is 0 Å². The number of thiophene rings is 1. The van der Waals surface area contributed by atoms with E-state index in [9.17, 15) is 0 Å². The van der Waals surface area contributed by atoms with E-state index in [4.69, 9.17) is 9.97 Å². The first-order chi connectivity index (χ1) is 30.7. The van der Waals surface area contributed by atoms with Crippen molar-refractivity contribution in [3.63, 3.8) is 0 Å². The average molecular weight is 837 g/mol. The van der Waals surface area contributed by atoms with Crippen molar-refractivity contribution in [1.82, 2.24) is 19.1 Å². The zero-order chi connectivity index (χ0) is 40.5. The Hall–Kier alpha value is -5.95. The second-order valence-corrected chi connectivity index (χ2v) is 20.3. The standard InChI is InChI=1S/C56H44N4S2/c1-2-13-35(14-3-1)59-46-22-9-5-15-37(46)43-32-34(26-29-47(43)59)53-42-18-4-8-21-45(42)57-56(58-53)60-48-28-25-33(36-19-12-20-40-38-16-6-10-23-50(38)61-54(36)40)31-44(48)52-49(60)30-27-41-39-17-7-11-24-51(39)62-55(41)52/h1-3,5-7,9-10,12-13,15-23,26-27,29-30,32-33,35,40,54H,4,8,11,14,24-25,28,31H2. The van der Waals surface area contributed by atoms with Crippen LogP contribution < -0.4 is 10.6 Å². The van der Waals surface area contributed by atoms with Gasteiger partial charge in [0.1, 0.15) is 0 Å². The Balaban J connectivity index is 0.958. The molecule has 0 radical (unpaired) electrons. The summed E-state index contributed by atoms with van der Waals surface area (Å²) >= 11 is 4.12. The van der Waals surface area contributed by atoms with Crippen molar-refractivity contribution in [3.05, 3.63) is 171 Å². The van der Waals surface area contributed by atoms with Gasteiger partial charge in [-0.05, 0) is 104 Å². The molecular weight excluding hydrogens is 793 g/mol. The van der Waals surface area contributed by atoms with Gasteiger partial charge >= 0.3 is 0 Å². The van der Waals surface area contributed by atoms with E-state index < -0.39 is 0 Å². The number of hydrogen-bond acceptors (Lipinski definition) is 4. The quantitative estimate of drug-likeness (QED) is 0.177. The van der Waals surface area contributed by atoms with Gasteiger partial charge in [0.25, 0.3) is 0 Å². The Bertz CT molecular complexity index is 3550. The molecule has 300 valence electrons. The summed E-state index contributed by atoms with van der Waals surface area (Å²) in [6.45, 7) is 0. The zero-order valence-electron chi connectivity index (χ0n) is 34.4. The van der Waals surface area contributed by atoms with E-state index in [-0.39, 0.29) is 0 Å². The van der Waals surface area contributed by atoms with Crippen LogP contribution in [-0.4, -0.2) is 24.4 Å². The molecule has 62 heavy (non-hydrogen) atoms. The largest absolute Gasteiger partial charge is 0.333 e. The Morgan fingerprint density at radius 2 is 1.65 bits per heavy atom. The molecule has 0 bridgehead atoms. The Morgan fingerprint density at radius 3 is 2.61 bits per heavy atom. The highest BCUT2D eigenvalue weighted by Crippen LogP contribution is 2.54. The van der Waals surface area contributed by atoms with Crippen LogP contribution in [0.2, 0.25) is 0 Å². The predicted octanol–water partition coefficient (Wildman–Crippen LogP) is 12.6. The first kappa shape index (κ1) is 35.6. The minimum absolute atomic E-state index is 0.291. The number of benzene rings is 4. The molecule has 6 aliphatic rings. The molecule has 14 rings (SSSR count). The van der Waals surface area contributed by atoms with E-state index in [2.05, 4.69) is 167 Å². The monoisotopic (exact) mass is 836 g/mol. The summed E-state index contributed by atoms with van der Waals surface area (Å²) in [5.74, 6) is 1.75. The fourth-order valence-corrected chi connectivity index (χ4v) is 14.8. The van der Waals surface area contributed by atoms with E-state index in [0.717, 1.165) is 79.1 Å². The SMILES string of the molecule is C1=CCC(n2c3ccccc3c3cc(-c4nc(-n5c6c(c7c8sc9c(c8ccc75)C=CCC9)CC(C5=CC=CC7c8ccccc8SC57)CC6)nc5c4=CCCC=5)ccc32)C=C1. The van der Waals surface area contributed by atoms with Crippen LogP contribution in [0.15, 0.2) is 138 Å². The number of fused-ring (bicyclic) bond motifs is 14. The third kappa shape index (κ3) is 5.20. The second kappa shape index (κ2) is 13.8. The van der Waals surface area contributed by atoms with E-state index in [1.54, 1.807) is 5.57 Å². The molecule has 6 heteroatoms. The van der Waals surface area contributed by atoms with Crippen LogP contribution in [0.4, 0.5) is 0 Å². The lowest BCUT2D eigenvalue weighted by Gasteiger charge is -2.32. The third-order valence-electron chi connectivity index (χ3n) is 14.7. The minimum atomic E-state index is 0.291. The number of allylic oxidation sites excluding steroid dienone is 8. The van der Waals surface area contributed by atoms with Crippen molar-refractivity contribution in [2.45, 2.75) is 73.5 Å². The van der Waals surface area contributed by atoms with Crippen LogP contribution in [-0.2, 0) is 19.3 Å². The average Bonchev–Trinajstić information content (AvgIpc) is 4.09. The number of hydrogen-bond donors (Lipinski definition) is 0. The Morgan fingerprint density at radius 1 is 0.742 bits per heavy atom. The van der Waals surface area contributed by atoms with Gasteiger partial charge < -0.3 is 4.57 Å². The number of nitrogens with zero attached hydrogens (tertiary/aromatic N) is 4. The maximum Gasteiger partial charge on any atom is 0.235 e. The molecule has 0 amide bonds. The summed E-state index contributed by atoms with van der Waals surface area (Å²) in [5.41, 5.74) is 13.4. The smallest absolute Gasteiger partial charge is 0.235 e. The molecule has 4 atom stereocenters. The van der Waals surface area contributed by atoms with Crippen molar-refractivity contribution >= 4 is 84.1 Å². The maximum absolute atomic E-state index is 5.70. The van der Waals surface area contributed by atoms with Crippen LogP contribution in [0.1, 0.15) is 71.3 Å². The molecule has 0 saturated heterocycles. The lowest BCUT2D eigenvalue weighted by Crippen LogP contribution is -2.35. The lowest BCUT2D eigenvalue weighted by atomic mass is 9.76. The second-order valence-electron chi connectivity index (χ2n) is 18.0. The van der Waals surface area contributed by atoms with Gasteiger partial charge in [-0.25, -0.2) is 9.97 Å². The van der Waals surface area contributed by atoms with Gasteiger partial charge in [-0.2, -0.15) is 0 Å². The summed E-state index contributed by atoms with van der Waals surface area (Å²) in [4.78, 5) is 14.2. The molecule has 4 unspecified atom stereocenters. The first-order valence-corrected chi connectivity index (χ1v) is 24.3. The Kier molecular flexibility index (Phi) is 7.92. The van der Waals surface area contributed by atoms with Gasteiger partial charge in [-0.1, -0.05) is 121 Å². The molecule has 0 saturated carbocycles. The number of thioether (sulfide) groups is 1. The summed E-state index contributed by atoms with van der Waals surface area (Å²) in [6, 6.07) is 30.2. The van der Waals surface area contributed by atoms with Gasteiger partial charge in [0.05, 0.1) is 22.6 Å². The number of para-hydroxylation sites is 1. The number of aromatic nitrogens is 4. The lowest BCUT2D eigenvalue weighted by molar-refractivity contribution is 0.499.